The topological polar surface area (TPSA) is 67.8 Å². The largest absolute Gasteiger partial charge is 0.381 e. The van der Waals surface area contributed by atoms with E-state index in [2.05, 4.69) is 10.1 Å². The van der Waals surface area contributed by atoms with Gasteiger partial charge in [0.25, 0.3) is 0 Å². The molecule has 0 aliphatic carbocycles. The van der Waals surface area contributed by atoms with E-state index >= 15 is 0 Å². The Hall–Kier alpha value is -2.43. The number of anilines is 1. The second-order valence-electron chi connectivity index (χ2n) is 4.23. The van der Waals surface area contributed by atoms with Crippen LogP contribution in [-0.4, -0.2) is 18.0 Å². The number of aromatic nitrogens is 2. The van der Waals surface area contributed by atoms with Gasteiger partial charge in [0.1, 0.15) is 0 Å². The lowest BCUT2D eigenvalue weighted by Crippen LogP contribution is -1.93. The van der Waals surface area contributed by atoms with Crippen LogP contribution in [0.25, 0.3) is 22.7 Å². The number of nitrogens with one attached hydrogen (secondary N) is 1. The first kappa shape index (κ1) is 11.7. The molecule has 0 saturated carbocycles. The zero-order valence-electron chi connectivity index (χ0n) is 10.3. The van der Waals surface area contributed by atoms with Gasteiger partial charge in [0.2, 0.25) is 0 Å². The minimum atomic E-state index is 0.296. The third-order valence-corrected chi connectivity index (χ3v) is 3.04. The Balaban J connectivity index is 2.02. The molecule has 0 atom stereocenters. The van der Waals surface area contributed by atoms with Gasteiger partial charge in [-0.15, -0.1) is 0 Å². The molecule has 2 radical (unpaired) electrons. The van der Waals surface area contributed by atoms with Crippen molar-refractivity contribution in [3.05, 3.63) is 48.0 Å². The molecule has 0 aliphatic rings. The summed E-state index contributed by atoms with van der Waals surface area (Å²) in [6.45, 7) is 0. The molecule has 92 valence electrons. The number of nitrogen functional groups attached to an aromatic ring is 1. The molecule has 19 heavy (non-hydrogen) atoms. The van der Waals surface area contributed by atoms with Crippen LogP contribution in [0.15, 0.2) is 47.0 Å². The van der Waals surface area contributed by atoms with Gasteiger partial charge in [0.15, 0.2) is 11.6 Å². The van der Waals surface area contributed by atoms with Gasteiger partial charge < -0.3 is 15.2 Å². The molecule has 0 unspecified atom stereocenters. The van der Waals surface area contributed by atoms with Gasteiger partial charge in [0.05, 0.1) is 13.5 Å². The van der Waals surface area contributed by atoms with Gasteiger partial charge in [-0.3, -0.25) is 0 Å². The van der Waals surface area contributed by atoms with Crippen LogP contribution >= 0.6 is 0 Å². The van der Waals surface area contributed by atoms with Crippen LogP contribution in [0.5, 0.6) is 0 Å². The molecule has 4 nitrogen and oxygen atoms in total. The van der Waals surface area contributed by atoms with Crippen LogP contribution in [0.2, 0.25) is 0 Å². The quantitative estimate of drug-likeness (QED) is 0.701. The zero-order valence-corrected chi connectivity index (χ0v) is 10.3. The summed E-state index contributed by atoms with van der Waals surface area (Å²) in [6.07, 6.45) is 0.296. The van der Waals surface area contributed by atoms with Crippen molar-refractivity contribution in [1.82, 2.24) is 10.1 Å². The summed E-state index contributed by atoms with van der Waals surface area (Å²) in [6, 6.07) is 14.0. The molecule has 0 amide bonds. The van der Waals surface area contributed by atoms with E-state index in [0.29, 0.717) is 17.9 Å². The molecule has 1 aromatic carbocycles. The Labute approximate surface area is 112 Å². The van der Waals surface area contributed by atoms with Crippen molar-refractivity contribution in [3.63, 3.8) is 0 Å². The van der Waals surface area contributed by atoms with Crippen molar-refractivity contribution in [2.75, 3.05) is 5.73 Å². The van der Waals surface area contributed by atoms with Crippen LogP contribution in [0.3, 0.4) is 0 Å². The van der Waals surface area contributed by atoms with E-state index < -0.39 is 0 Å². The molecule has 5 heteroatoms. The van der Waals surface area contributed by atoms with Gasteiger partial charge in [-0.1, -0.05) is 41.8 Å². The summed E-state index contributed by atoms with van der Waals surface area (Å²) in [5, 5.41) is 3.75. The molecule has 3 aromatic rings. The molecule has 3 rings (SSSR count). The number of nitrogens with zero attached hydrogens (tertiary/aromatic N) is 1. The Morgan fingerprint density at radius 2 is 1.84 bits per heavy atom. The zero-order chi connectivity index (χ0) is 13.2. The minimum Gasteiger partial charge on any atom is -0.381 e. The highest BCUT2D eigenvalue weighted by atomic mass is 16.5. The van der Waals surface area contributed by atoms with Crippen LogP contribution < -0.4 is 5.73 Å². The highest BCUT2D eigenvalue weighted by Gasteiger charge is 2.15. The van der Waals surface area contributed by atoms with Gasteiger partial charge in [-0.2, -0.15) is 0 Å². The maximum Gasteiger partial charge on any atom is 0.187 e. The molecule has 2 aromatic heterocycles. The monoisotopic (exact) mass is 249 g/mol. The Bertz CT molecular complexity index is 688. The lowest BCUT2D eigenvalue weighted by atomic mass is 9.96. The van der Waals surface area contributed by atoms with Gasteiger partial charge in [-0.05, 0) is 17.7 Å². The van der Waals surface area contributed by atoms with Crippen molar-refractivity contribution in [2.45, 2.75) is 6.32 Å². The summed E-state index contributed by atoms with van der Waals surface area (Å²) in [5.41, 5.74) is 9.37. The number of H-pyrrole nitrogens is 1. The number of aromatic amines is 1. The molecule has 0 fully saturated rings. The number of hydrogen-bond acceptors (Lipinski definition) is 3. The molecular weight excluding hydrogens is 237 g/mol. The Morgan fingerprint density at radius 1 is 1.11 bits per heavy atom. The lowest BCUT2D eigenvalue weighted by Gasteiger charge is -1.98. The molecule has 3 N–H and O–H groups in total. The first-order valence-corrected chi connectivity index (χ1v) is 5.98. The van der Waals surface area contributed by atoms with Gasteiger partial charge in [0, 0.05) is 11.3 Å². The van der Waals surface area contributed by atoms with Crippen LogP contribution in [0.1, 0.15) is 5.56 Å². The minimum absolute atomic E-state index is 0.296. The number of rotatable bonds is 3. The highest BCUT2D eigenvalue weighted by Crippen LogP contribution is 2.29. The molecule has 0 aliphatic heterocycles. The lowest BCUT2D eigenvalue weighted by molar-refractivity contribution is 0.434. The van der Waals surface area contributed by atoms with Crippen molar-refractivity contribution < 1.29 is 4.52 Å². The van der Waals surface area contributed by atoms with Crippen LogP contribution in [0.4, 0.5) is 5.82 Å². The van der Waals surface area contributed by atoms with Crippen molar-refractivity contribution >= 4 is 13.7 Å². The second kappa shape index (κ2) is 4.68. The fraction of sp³-hybridized carbons (Fsp3) is 0.0714. The number of benzene rings is 1. The first-order chi connectivity index (χ1) is 9.29. The fourth-order valence-electron chi connectivity index (χ4n) is 2.04. The van der Waals surface area contributed by atoms with Crippen molar-refractivity contribution in [2.24, 2.45) is 0 Å². The predicted octanol–water partition coefficient (Wildman–Crippen LogP) is 2.59. The van der Waals surface area contributed by atoms with E-state index in [1.165, 1.54) is 0 Å². The number of hydrogen-bond donors (Lipinski definition) is 2. The smallest absolute Gasteiger partial charge is 0.187 e. The first-order valence-electron chi connectivity index (χ1n) is 5.98. The summed E-state index contributed by atoms with van der Waals surface area (Å²) in [5.74, 6) is 0.940. The highest BCUT2D eigenvalue weighted by molar-refractivity contribution is 6.09. The Morgan fingerprint density at radius 3 is 2.58 bits per heavy atom. The third-order valence-electron chi connectivity index (χ3n) is 3.04. The van der Waals surface area contributed by atoms with Crippen LogP contribution in [0, 0.1) is 0 Å². The third kappa shape index (κ3) is 2.03. The summed E-state index contributed by atoms with van der Waals surface area (Å²) >= 11 is 0. The van der Waals surface area contributed by atoms with E-state index in [1.807, 2.05) is 42.5 Å². The summed E-state index contributed by atoms with van der Waals surface area (Å²) in [4.78, 5) is 3.29. The average molecular weight is 249 g/mol. The maximum atomic E-state index is 5.71. The van der Waals surface area contributed by atoms with E-state index in [0.717, 1.165) is 22.5 Å². The van der Waals surface area contributed by atoms with Gasteiger partial charge in [-0.25, -0.2) is 0 Å². The molecule has 0 bridgehead atoms. The van der Waals surface area contributed by atoms with Crippen molar-refractivity contribution in [1.29, 1.82) is 0 Å². The second-order valence-corrected chi connectivity index (χ2v) is 4.23. The van der Waals surface area contributed by atoms with Gasteiger partial charge >= 0.3 is 0 Å². The van der Waals surface area contributed by atoms with E-state index in [-0.39, 0.29) is 0 Å². The normalized spacial score (nSPS) is 10.7. The van der Waals surface area contributed by atoms with E-state index in [1.54, 1.807) is 0 Å². The molecular formula is C14H12BN3O. The van der Waals surface area contributed by atoms with E-state index in [4.69, 9.17) is 18.1 Å². The molecule has 2 heterocycles. The SMILES string of the molecule is [B]Cc1c(N)noc1-c1ccc(-c2ccccc2)[nH]1. The predicted molar refractivity (Wildman–Crippen MR) is 75.6 cm³/mol. The van der Waals surface area contributed by atoms with E-state index in [9.17, 15) is 0 Å². The average Bonchev–Trinajstić information content (AvgIpc) is 3.06. The Kier molecular flexibility index (Phi) is 2.87. The summed E-state index contributed by atoms with van der Waals surface area (Å²) in [7, 11) is 5.66. The number of nitrogens with two attached hydrogens (primary N) is 1. The summed E-state index contributed by atoms with van der Waals surface area (Å²) < 4.78 is 5.24. The van der Waals surface area contributed by atoms with Crippen LogP contribution in [-0.2, 0) is 6.32 Å². The standard InChI is InChI=1S/C14H12BN3O/c15-8-10-13(19-18-14(10)16)12-7-6-11(17-12)9-4-2-1-3-5-9/h1-7,17H,8H2,(H2,16,18). The maximum absolute atomic E-state index is 5.71. The molecule has 0 saturated heterocycles. The fourth-order valence-corrected chi connectivity index (χ4v) is 2.04. The molecule has 0 spiro atoms. The van der Waals surface area contributed by atoms with Crippen molar-refractivity contribution in [3.8, 4) is 22.7 Å².